The molecule has 0 aromatic carbocycles. The topological polar surface area (TPSA) is 78.9 Å². The minimum atomic E-state index is -0.790. The molecule has 0 aliphatic rings. The van der Waals surface area contributed by atoms with Crippen LogP contribution in [-0.4, -0.2) is 37.2 Å². The summed E-state index contributed by atoms with van der Waals surface area (Å²) in [4.78, 5) is 38.0. The maximum atomic E-state index is 12.8. The Morgan fingerprint density at radius 3 is 1.02 bits per heavy atom. The van der Waals surface area contributed by atoms with Crippen molar-refractivity contribution in [3.63, 3.8) is 0 Å². The van der Waals surface area contributed by atoms with Crippen LogP contribution in [0.4, 0.5) is 0 Å². The van der Waals surface area contributed by atoms with Crippen molar-refractivity contribution in [2.24, 2.45) is 0 Å². The van der Waals surface area contributed by atoms with Gasteiger partial charge in [0.15, 0.2) is 6.10 Å². The predicted molar refractivity (Wildman–Crippen MR) is 274 cm³/mol. The molecule has 0 aliphatic carbocycles. The minimum Gasteiger partial charge on any atom is -0.462 e. The Balaban J connectivity index is 4.42. The fourth-order valence-electron chi connectivity index (χ4n) is 7.40. The Kier molecular flexibility index (Phi) is 49.9. The lowest BCUT2D eigenvalue weighted by atomic mass is 10.0. The number of carbonyl (C=O) groups is 3. The Bertz CT molecular complexity index is 1210. The van der Waals surface area contributed by atoms with Gasteiger partial charge in [0.25, 0.3) is 0 Å². The lowest BCUT2D eigenvalue weighted by molar-refractivity contribution is -0.167. The second kappa shape index (κ2) is 52.5. The monoisotopic (exact) mass is 893 g/mol. The lowest BCUT2D eigenvalue weighted by Gasteiger charge is -2.18. The van der Waals surface area contributed by atoms with Gasteiger partial charge in [0.2, 0.25) is 0 Å². The van der Waals surface area contributed by atoms with Crippen molar-refractivity contribution in [2.45, 2.75) is 264 Å². The van der Waals surface area contributed by atoms with E-state index >= 15 is 0 Å². The van der Waals surface area contributed by atoms with E-state index < -0.39 is 6.10 Å². The van der Waals surface area contributed by atoms with Gasteiger partial charge < -0.3 is 14.2 Å². The van der Waals surface area contributed by atoms with Gasteiger partial charge >= 0.3 is 17.9 Å². The largest absolute Gasteiger partial charge is 0.462 e. The summed E-state index contributed by atoms with van der Waals surface area (Å²) in [5.74, 6) is -0.924. The van der Waals surface area contributed by atoms with Gasteiger partial charge in [-0.05, 0) is 89.9 Å². The van der Waals surface area contributed by atoms with E-state index in [9.17, 15) is 14.4 Å². The Hall–Kier alpha value is -3.15. The van der Waals surface area contributed by atoms with E-state index in [4.69, 9.17) is 14.2 Å². The average molecular weight is 893 g/mol. The molecule has 0 aromatic rings. The SMILES string of the molecule is CC/C=C\C/C=C\C/C=C\C/C=C\C/C=C\CCCCCC(=O)OC[C@@H](COC(=O)CCCCCCC/C=C\CCCCC)OC(=O)CCCCCCCCCCCCCCCCC. The first-order valence-corrected chi connectivity index (χ1v) is 26.9. The van der Waals surface area contributed by atoms with Crippen molar-refractivity contribution < 1.29 is 28.6 Å². The summed E-state index contributed by atoms with van der Waals surface area (Å²) in [6.45, 7) is 6.48. The van der Waals surface area contributed by atoms with Crippen LogP contribution in [0.2, 0.25) is 0 Å². The quantitative estimate of drug-likeness (QED) is 0.0262. The van der Waals surface area contributed by atoms with E-state index in [0.29, 0.717) is 19.3 Å². The van der Waals surface area contributed by atoms with E-state index in [-0.39, 0.29) is 31.1 Å². The Morgan fingerprint density at radius 1 is 0.328 bits per heavy atom. The van der Waals surface area contributed by atoms with Gasteiger partial charge in [-0.25, -0.2) is 0 Å². The van der Waals surface area contributed by atoms with Crippen LogP contribution in [0.3, 0.4) is 0 Å². The third kappa shape index (κ3) is 49.9. The molecule has 0 aliphatic heterocycles. The van der Waals surface area contributed by atoms with Gasteiger partial charge in [0, 0.05) is 19.3 Å². The number of hydrogen-bond acceptors (Lipinski definition) is 6. The van der Waals surface area contributed by atoms with E-state index in [0.717, 1.165) is 103 Å². The average Bonchev–Trinajstić information content (AvgIpc) is 3.29. The van der Waals surface area contributed by atoms with Crippen LogP contribution in [0.25, 0.3) is 0 Å². The van der Waals surface area contributed by atoms with Crippen LogP contribution in [0.5, 0.6) is 0 Å². The number of allylic oxidation sites excluding steroid dienone is 12. The van der Waals surface area contributed by atoms with Gasteiger partial charge in [-0.1, -0.05) is 222 Å². The first-order valence-electron chi connectivity index (χ1n) is 26.9. The molecule has 0 aromatic heterocycles. The standard InChI is InChI=1S/C58H100O6/c1-4-7-10-13-16-19-22-25-27-28-29-30-32-33-36-39-42-45-48-51-57(60)63-54-55(53-62-56(59)50-47-44-41-38-35-24-21-18-15-12-9-6-3)64-58(61)52-49-46-43-40-37-34-31-26-23-20-17-14-11-8-5-2/h7,10,16,18-19,21,25,27,29-30,33,36,55H,4-6,8-9,11-15,17,20,22-24,26,28,31-32,34-35,37-54H2,1-3H3/b10-7-,19-16-,21-18-,27-25-,30-29-,36-33-/t55-/m1/s1. The number of hydrogen-bond donors (Lipinski definition) is 0. The molecule has 0 bridgehead atoms. The smallest absolute Gasteiger partial charge is 0.306 e. The summed E-state index contributed by atoms with van der Waals surface area (Å²) in [5.41, 5.74) is 0. The highest BCUT2D eigenvalue weighted by Gasteiger charge is 2.19. The van der Waals surface area contributed by atoms with Gasteiger partial charge in [0.1, 0.15) is 13.2 Å². The fourth-order valence-corrected chi connectivity index (χ4v) is 7.40. The molecule has 0 unspecified atom stereocenters. The summed E-state index contributed by atoms with van der Waals surface area (Å²) in [6.07, 6.45) is 66.0. The molecule has 0 N–H and O–H groups in total. The third-order valence-electron chi connectivity index (χ3n) is 11.4. The van der Waals surface area contributed by atoms with Crippen molar-refractivity contribution in [1.29, 1.82) is 0 Å². The van der Waals surface area contributed by atoms with Gasteiger partial charge in [0.05, 0.1) is 0 Å². The summed E-state index contributed by atoms with van der Waals surface area (Å²) < 4.78 is 16.8. The number of ether oxygens (including phenoxy) is 3. The molecule has 0 fully saturated rings. The summed E-state index contributed by atoms with van der Waals surface area (Å²) >= 11 is 0. The van der Waals surface area contributed by atoms with E-state index in [1.807, 2.05) is 0 Å². The predicted octanol–water partition coefficient (Wildman–Crippen LogP) is 17.8. The van der Waals surface area contributed by atoms with Crippen LogP contribution in [0, 0.1) is 0 Å². The molecular formula is C58H100O6. The lowest BCUT2D eigenvalue weighted by Crippen LogP contribution is -2.30. The number of rotatable bonds is 48. The van der Waals surface area contributed by atoms with Gasteiger partial charge in [-0.3, -0.25) is 14.4 Å². The van der Waals surface area contributed by atoms with E-state index in [1.165, 1.54) is 116 Å². The van der Waals surface area contributed by atoms with Gasteiger partial charge in [-0.15, -0.1) is 0 Å². The highest BCUT2D eigenvalue weighted by Crippen LogP contribution is 2.15. The first kappa shape index (κ1) is 60.9. The molecule has 0 radical (unpaired) electrons. The van der Waals surface area contributed by atoms with Crippen molar-refractivity contribution in [3.8, 4) is 0 Å². The zero-order valence-corrected chi connectivity index (χ0v) is 42.0. The molecule has 64 heavy (non-hydrogen) atoms. The van der Waals surface area contributed by atoms with E-state index in [2.05, 4.69) is 93.7 Å². The van der Waals surface area contributed by atoms with Crippen molar-refractivity contribution in [1.82, 2.24) is 0 Å². The maximum Gasteiger partial charge on any atom is 0.306 e. The number of carbonyl (C=O) groups excluding carboxylic acids is 3. The molecule has 0 rings (SSSR count). The van der Waals surface area contributed by atoms with Crippen LogP contribution in [-0.2, 0) is 28.6 Å². The van der Waals surface area contributed by atoms with Gasteiger partial charge in [-0.2, -0.15) is 0 Å². The summed E-state index contributed by atoms with van der Waals surface area (Å²) in [6, 6.07) is 0. The van der Waals surface area contributed by atoms with Crippen LogP contribution >= 0.6 is 0 Å². The Morgan fingerprint density at radius 2 is 0.609 bits per heavy atom. The molecule has 368 valence electrons. The minimum absolute atomic E-state index is 0.0887. The number of esters is 3. The molecular weight excluding hydrogens is 793 g/mol. The van der Waals surface area contributed by atoms with Crippen molar-refractivity contribution >= 4 is 17.9 Å². The van der Waals surface area contributed by atoms with Crippen molar-refractivity contribution in [3.05, 3.63) is 72.9 Å². The molecule has 6 heteroatoms. The zero-order valence-electron chi connectivity index (χ0n) is 42.0. The third-order valence-corrected chi connectivity index (χ3v) is 11.4. The first-order chi connectivity index (χ1) is 31.5. The molecule has 0 saturated heterocycles. The normalized spacial score (nSPS) is 12.6. The van der Waals surface area contributed by atoms with Crippen LogP contribution < -0.4 is 0 Å². The molecule has 0 saturated carbocycles. The second-order valence-corrected chi connectivity index (χ2v) is 17.8. The Labute approximate surface area is 395 Å². The zero-order chi connectivity index (χ0) is 46.5. The number of unbranched alkanes of at least 4 members (excludes halogenated alkanes) is 25. The molecule has 1 atom stereocenters. The van der Waals surface area contributed by atoms with Crippen LogP contribution in [0.15, 0.2) is 72.9 Å². The maximum absolute atomic E-state index is 12.8. The van der Waals surface area contributed by atoms with Crippen LogP contribution in [0.1, 0.15) is 258 Å². The molecule has 0 spiro atoms. The highest BCUT2D eigenvalue weighted by molar-refractivity contribution is 5.71. The second-order valence-electron chi connectivity index (χ2n) is 17.8. The summed E-state index contributed by atoms with van der Waals surface area (Å²) in [7, 11) is 0. The summed E-state index contributed by atoms with van der Waals surface area (Å²) in [5, 5.41) is 0. The highest BCUT2D eigenvalue weighted by atomic mass is 16.6. The van der Waals surface area contributed by atoms with E-state index in [1.54, 1.807) is 0 Å². The molecule has 0 amide bonds. The molecule has 6 nitrogen and oxygen atoms in total. The van der Waals surface area contributed by atoms with Crippen molar-refractivity contribution in [2.75, 3.05) is 13.2 Å². The fraction of sp³-hybridized carbons (Fsp3) is 0.741. The molecule has 0 heterocycles.